The van der Waals surface area contributed by atoms with Gasteiger partial charge in [-0.05, 0) is 25.1 Å². The van der Waals surface area contributed by atoms with Crippen LogP contribution in [-0.4, -0.2) is 19.3 Å². The lowest BCUT2D eigenvalue weighted by Gasteiger charge is -2.11. The maximum Gasteiger partial charge on any atom is 0.261 e. The second kappa shape index (κ2) is 6.07. The van der Waals surface area contributed by atoms with Crippen molar-refractivity contribution in [3.8, 4) is 0 Å². The molecule has 0 aliphatic rings. The first-order valence-corrected chi connectivity index (χ1v) is 7.75. The third-order valence-corrected chi connectivity index (χ3v) is 4.38. The summed E-state index contributed by atoms with van der Waals surface area (Å²) in [4.78, 5) is 11.2. The molecule has 0 amide bonds. The summed E-state index contributed by atoms with van der Waals surface area (Å²) in [6, 6.07) is 12.3. The Morgan fingerprint density at radius 3 is 2.29 bits per heavy atom. The Kier molecular flexibility index (Phi) is 4.40. The van der Waals surface area contributed by atoms with E-state index in [0.717, 1.165) is 0 Å². The Bertz CT molecular complexity index is 751. The minimum atomic E-state index is -3.76. The SMILES string of the molecule is CC(=O)c1ccc(S(=O)(=O)Nc2ccccc2CO)cc1. The molecule has 0 aliphatic heterocycles. The average Bonchev–Trinajstić information content (AvgIpc) is 2.47. The molecule has 0 saturated heterocycles. The molecule has 0 atom stereocenters. The summed E-state index contributed by atoms with van der Waals surface area (Å²) in [6.07, 6.45) is 0. The van der Waals surface area contributed by atoms with E-state index in [1.807, 2.05) is 0 Å². The van der Waals surface area contributed by atoms with Crippen LogP contribution in [0.15, 0.2) is 53.4 Å². The molecule has 2 N–H and O–H groups in total. The van der Waals surface area contributed by atoms with Crippen molar-refractivity contribution in [2.24, 2.45) is 0 Å². The molecule has 5 nitrogen and oxygen atoms in total. The van der Waals surface area contributed by atoms with Crippen molar-refractivity contribution >= 4 is 21.5 Å². The molecule has 0 spiro atoms. The number of nitrogens with one attached hydrogen (secondary N) is 1. The number of aliphatic hydroxyl groups excluding tert-OH is 1. The number of aliphatic hydroxyl groups is 1. The highest BCUT2D eigenvalue weighted by atomic mass is 32.2. The number of benzene rings is 2. The molecule has 0 aliphatic carbocycles. The molecule has 2 aromatic rings. The Morgan fingerprint density at radius 1 is 1.10 bits per heavy atom. The summed E-state index contributed by atoms with van der Waals surface area (Å²) < 4.78 is 27.0. The van der Waals surface area contributed by atoms with E-state index in [0.29, 0.717) is 16.8 Å². The van der Waals surface area contributed by atoms with Gasteiger partial charge in [0.1, 0.15) is 0 Å². The Hall–Kier alpha value is -2.18. The summed E-state index contributed by atoms with van der Waals surface area (Å²) in [5, 5.41) is 9.21. The monoisotopic (exact) mass is 305 g/mol. The third kappa shape index (κ3) is 3.48. The van der Waals surface area contributed by atoms with E-state index in [1.165, 1.54) is 31.2 Å². The molecule has 0 bridgehead atoms. The Balaban J connectivity index is 2.32. The van der Waals surface area contributed by atoms with Crippen molar-refractivity contribution in [3.05, 3.63) is 59.7 Å². The second-order valence-corrected chi connectivity index (χ2v) is 6.18. The lowest BCUT2D eigenvalue weighted by molar-refractivity contribution is 0.101. The van der Waals surface area contributed by atoms with Gasteiger partial charge in [0.15, 0.2) is 5.78 Å². The lowest BCUT2D eigenvalue weighted by Crippen LogP contribution is -2.14. The number of para-hydroxylation sites is 1. The Labute approximate surface area is 123 Å². The number of anilines is 1. The van der Waals surface area contributed by atoms with Gasteiger partial charge in [0.25, 0.3) is 10.0 Å². The summed E-state index contributed by atoms with van der Waals surface area (Å²) in [7, 11) is -3.76. The van der Waals surface area contributed by atoms with Gasteiger partial charge in [0, 0.05) is 11.1 Å². The molecule has 0 aromatic heterocycles. The highest BCUT2D eigenvalue weighted by Crippen LogP contribution is 2.20. The van der Waals surface area contributed by atoms with Crippen molar-refractivity contribution in [2.45, 2.75) is 18.4 Å². The van der Waals surface area contributed by atoms with Crippen molar-refractivity contribution in [2.75, 3.05) is 4.72 Å². The number of carbonyl (C=O) groups excluding carboxylic acids is 1. The van der Waals surface area contributed by atoms with E-state index in [2.05, 4.69) is 4.72 Å². The highest BCUT2D eigenvalue weighted by Gasteiger charge is 2.16. The predicted molar refractivity (Wildman–Crippen MR) is 79.6 cm³/mol. The topological polar surface area (TPSA) is 83.5 Å². The van der Waals surface area contributed by atoms with Crippen molar-refractivity contribution in [3.63, 3.8) is 0 Å². The van der Waals surface area contributed by atoms with Gasteiger partial charge in [-0.15, -0.1) is 0 Å². The van der Waals surface area contributed by atoms with Gasteiger partial charge >= 0.3 is 0 Å². The standard InChI is InChI=1S/C15H15NO4S/c1-11(18)12-6-8-14(9-7-12)21(19,20)16-15-5-3-2-4-13(15)10-17/h2-9,16-17H,10H2,1H3. The number of carbonyl (C=O) groups is 1. The second-order valence-electron chi connectivity index (χ2n) is 4.50. The average molecular weight is 305 g/mol. The van der Waals surface area contributed by atoms with Gasteiger partial charge in [0.2, 0.25) is 0 Å². The van der Waals surface area contributed by atoms with Crippen LogP contribution in [0.4, 0.5) is 5.69 Å². The van der Waals surface area contributed by atoms with E-state index >= 15 is 0 Å². The largest absolute Gasteiger partial charge is 0.392 e. The van der Waals surface area contributed by atoms with Crippen LogP contribution >= 0.6 is 0 Å². The van der Waals surface area contributed by atoms with Crippen LogP contribution in [0.3, 0.4) is 0 Å². The van der Waals surface area contributed by atoms with Gasteiger partial charge in [-0.1, -0.05) is 30.3 Å². The summed E-state index contributed by atoms with van der Waals surface area (Å²) >= 11 is 0. The van der Waals surface area contributed by atoms with Crippen LogP contribution in [0, 0.1) is 0 Å². The molecule has 0 unspecified atom stereocenters. The van der Waals surface area contributed by atoms with E-state index in [9.17, 15) is 18.3 Å². The van der Waals surface area contributed by atoms with Gasteiger partial charge in [0.05, 0.1) is 17.2 Å². The normalized spacial score (nSPS) is 11.1. The van der Waals surface area contributed by atoms with Crippen LogP contribution in [0.2, 0.25) is 0 Å². The molecular weight excluding hydrogens is 290 g/mol. The van der Waals surface area contributed by atoms with Crippen LogP contribution in [-0.2, 0) is 16.6 Å². The number of Topliss-reactive ketones (excluding diaryl/α,β-unsaturated/α-hetero) is 1. The fraction of sp³-hybridized carbons (Fsp3) is 0.133. The van der Waals surface area contributed by atoms with Gasteiger partial charge < -0.3 is 5.11 Å². The van der Waals surface area contributed by atoms with Crippen molar-refractivity contribution < 1.29 is 18.3 Å². The molecule has 0 fully saturated rings. The first-order valence-electron chi connectivity index (χ1n) is 6.26. The predicted octanol–water partition coefficient (Wildman–Crippen LogP) is 2.18. The van der Waals surface area contributed by atoms with Crippen LogP contribution in [0.1, 0.15) is 22.8 Å². The number of hydrogen-bond acceptors (Lipinski definition) is 4. The van der Waals surface area contributed by atoms with E-state index in [4.69, 9.17) is 0 Å². The summed E-state index contributed by atoms with van der Waals surface area (Å²) in [6.45, 7) is 1.15. The smallest absolute Gasteiger partial charge is 0.261 e. The number of rotatable bonds is 5. The first-order chi connectivity index (χ1) is 9.94. The quantitative estimate of drug-likeness (QED) is 0.829. The highest BCUT2D eigenvalue weighted by molar-refractivity contribution is 7.92. The van der Waals surface area contributed by atoms with Gasteiger partial charge in [-0.3, -0.25) is 9.52 Å². The van der Waals surface area contributed by atoms with Crippen LogP contribution in [0.25, 0.3) is 0 Å². The molecule has 0 radical (unpaired) electrons. The molecular formula is C15H15NO4S. The summed E-state index contributed by atoms with van der Waals surface area (Å²) in [5.74, 6) is -0.127. The zero-order chi connectivity index (χ0) is 15.5. The molecule has 21 heavy (non-hydrogen) atoms. The number of hydrogen-bond donors (Lipinski definition) is 2. The van der Waals surface area contributed by atoms with E-state index in [-0.39, 0.29) is 17.3 Å². The Morgan fingerprint density at radius 2 is 1.71 bits per heavy atom. The fourth-order valence-electron chi connectivity index (χ4n) is 1.83. The minimum absolute atomic E-state index is 0.0558. The molecule has 6 heteroatoms. The summed E-state index contributed by atoms with van der Waals surface area (Å²) in [5.41, 5.74) is 1.27. The molecule has 2 rings (SSSR count). The number of ketones is 1. The minimum Gasteiger partial charge on any atom is -0.392 e. The molecule has 0 heterocycles. The zero-order valence-corrected chi connectivity index (χ0v) is 12.2. The van der Waals surface area contributed by atoms with Crippen molar-refractivity contribution in [1.82, 2.24) is 0 Å². The lowest BCUT2D eigenvalue weighted by atomic mass is 10.2. The van der Waals surface area contributed by atoms with E-state index in [1.54, 1.807) is 24.3 Å². The maximum absolute atomic E-state index is 12.3. The number of sulfonamides is 1. The molecule has 110 valence electrons. The first kappa shape index (κ1) is 15.2. The van der Waals surface area contributed by atoms with Gasteiger partial charge in [-0.2, -0.15) is 0 Å². The fourth-order valence-corrected chi connectivity index (χ4v) is 2.93. The van der Waals surface area contributed by atoms with E-state index < -0.39 is 10.0 Å². The van der Waals surface area contributed by atoms with Crippen molar-refractivity contribution in [1.29, 1.82) is 0 Å². The van der Waals surface area contributed by atoms with Crippen LogP contribution in [0.5, 0.6) is 0 Å². The molecule has 2 aromatic carbocycles. The third-order valence-electron chi connectivity index (χ3n) is 3.00. The zero-order valence-electron chi connectivity index (χ0n) is 11.4. The van der Waals surface area contributed by atoms with Crippen LogP contribution < -0.4 is 4.72 Å². The molecule has 0 saturated carbocycles. The van der Waals surface area contributed by atoms with Gasteiger partial charge in [-0.25, -0.2) is 8.42 Å². The maximum atomic E-state index is 12.3.